The summed E-state index contributed by atoms with van der Waals surface area (Å²) in [5.41, 5.74) is 10.7. The van der Waals surface area contributed by atoms with Crippen molar-refractivity contribution in [2.45, 2.75) is 32.1 Å². The molecule has 0 radical (unpaired) electrons. The van der Waals surface area contributed by atoms with Crippen molar-refractivity contribution in [3.63, 3.8) is 0 Å². The molecule has 0 fully saturated rings. The van der Waals surface area contributed by atoms with Crippen LogP contribution in [0, 0.1) is 11.3 Å². The number of hydrogen-bond acceptors (Lipinski definition) is 3. The van der Waals surface area contributed by atoms with Crippen LogP contribution in [0.3, 0.4) is 0 Å². The van der Waals surface area contributed by atoms with E-state index in [-0.39, 0.29) is 5.75 Å². The predicted octanol–water partition coefficient (Wildman–Crippen LogP) is 2.60. The third kappa shape index (κ3) is 2.43. The smallest absolute Gasteiger partial charge is 0.289 e. The van der Waals surface area contributed by atoms with E-state index in [1.54, 1.807) is 12.1 Å². The van der Waals surface area contributed by atoms with E-state index in [4.69, 9.17) is 5.73 Å². The first kappa shape index (κ1) is 13.4. The summed E-state index contributed by atoms with van der Waals surface area (Å²) in [7, 11) is 0. The summed E-state index contributed by atoms with van der Waals surface area (Å²) in [5, 5.41) is 19.0. The number of aromatic amines is 1. The topological polar surface area (TPSA) is 84.2 Å². The van der Waals surface area contributed by atoms with Gasteiger partial charge in [0.25, 0.3) is 5.82 Å². The Morgan fingerprint density at radius 1 is 1.10 bits per heavy atom. The summed E-state index contributed by atoms with van der Waals surface area (Å²) in [6.07, 6.45) is 5.39. The van der Waals surface area contributed by atoms with Gasteiger partial charge >= 0.3 is 0 Å². The van der Waals surface area contributed by atoms with Crippen molar-refractivity contribution >= 4 is 5.82 Å². The van der Waals surface area contributed by atoms with Crippen LogP contribution >= 0.6 is 0 Å². The molecule has 1 aliphatic rings. The highest BCUT2D eigenvalue weighted by Crippen LogP contribution is 2.34. The fourth-order valence-corrected chi connectivity index (χ4v) is 3.07. The zero-order chi connectivity index (χ0) is 14.8. The number of aromatic hydroxyl groups is 1. The summed E-state index contributed by atoms with van der Waals surface area (Å²) in [6, 6.07) is 9.21. The van der Waals surface area contributed by atoms with Crippen molar-refractivity contribution in [2.24, 2.45) is 0 Å². The van der Waals surface area contributed by atoms with E-state index in [2.05, 4.69) is 11.1 Å². The van der Waals surface area contributed by atoms with Gasteiger partial charge in [-0.2, -0.15) is 5.26 Å². The summed E-state index contributed by atoms with van der Waals surface area (Å²) in [4.78, 5) is 3.21. The largest absolute Gasteiger partial charge is 0.508 e. The lowest BCUT2D eigenvalue weighted by molar-refractivity contribution is -0.373. The number of anilines is 1. The quantitative estimate of drug-likeness (QED) is 0.787. The Kier molecular flexibility index (Phi) is 3.49. The number of nitriles is 1. The molecule has 0 amide bonds. The molecule has 0 saturated carbocycles. The molecule has 4 heteroatoms. The molecule has 0 spiro atoms. The monoisotopic (exact) mass is 280 g/mol. The van der Waals surface area contributed by atoms with Gasteiger partial charge in [-0.15, -0.1) is 0 Å². The SMILES string of the molecule is N#Cc1c(N)[nH+]c2c(c1-c1ccc(O)cc1)CCCCC2. The van der Waals surface area contributed by atoms with Gasteiger partial charge in [0, 0.05) is 17.5 Å². The Balaban J connectivity index is 2.28. The second kappa shape index (κ2) is 5.45. The van der Waals surface area contributed by atoms with Crippen LogP contribution in [0.15, 0.2) is 24.3 Å². The fourth-order valence-electron chi connectivity index (χ4n) is 3.07. The van der Waals surface area contributed by atoms with E-state index in [1.807, 2.05) is 12.1 Å². The number of H-pyrrole nitrogens is 1. The van der Waals surface area contributed by atoms with E-state index in [1.165, 1.54) is 12.0 Å². The summed E-state index contributed by atoms with van der Waals surface area (Å²) in [5.74, 6) is 0.653. The van der Waals surface area contributed by atoms with Gasteiger partial charge in [0.1, 0.15) is 23.1 Å². The zero-order valence-electron chi connectivity index (χ0n) is 11.8. The van der Waals surface area contributed by atoms with Gasteiger partial charge in [-0.05, 0) is 37.0 Å². The van der Waals surface area contributed by atoms with Crippen molar-refractivity contribution < 1.29 is 10.1 Å². The lowest BCUT2D eigenvalue weighted by atomic mass is 9.92. The van der Waals surface area contributed by atoms with Crippen LogP contribution in [0.4, 0.5) is 5.82 Å². The summed E-state index contributed by atoms with van der Waals surface area (Å²) < 4.78 is 0. The second-order valence-corrected chi connectivity index (χ2v) is 5.47. The molecule has 1 aromatic carbocycles. The number of pyridine rings is 1. The maximum Gasteiger partial charge on any atom is 0.289 e. The molecule has 0 atom stereocenters. The number of hydrogen-bond donors (Lipinski definition) is 2. The Bertz CT molecular complexity index is 714. The van der Waals surface area contributed by atoms with Gasteiger partial charge < -0.3 is 5.11 Å². The minimum Gasteiger partial charge on any atom is -0.508 e. The number of aromatic nitrogens is 1. The van der Waals surface area contributed by atoms with Crippen molar-refractivity contribution in [2.75, 3.05) is 5.73 Å². The van der Waals surface area contributed by atoms with Gasteiger partial charge in [-0.25, -0.2) is 4.98 Å². The molecular formula is C17H18N3O+. The molecule has 106 valence electrons. The Morgan fingerprint density at radius 3 is 2.52 bits per heavy atom. The van der Waals surface area contributed by atoms with E-state index in [0.29, 0.717) is 11.4 Å². The highest BCUT2D eigenvalue weighted by molar-refractivity contribution is 5.78. The molecule has 1 heterocycles. The van der Waals surface area contributed by atoms with Gasteiger partial charge in [0.15, 0.2) is 0 Å². The molecule has 4 nitrogen and oxygen atoms in total. The minimum atomic E-state index is 0.221. The first-order valence-electron chi connectivity index (χ1n) is 7.26. The van der Waals surface area contributed by atoms with Crippen molar-refractivity contribution in [1.29, 1.82) is 5.26 Å². The van der Waals surface area contributed by atoms with Crippen LogP contribution in [0.5, 0.6) is 5.75 Å². The first-order valence-corrected chi connectivity index (χ1v) is 7.26. The summed E-state index contributed by atoms with van der Waals surface area (Å²) in [6.45, 7) is 0. The van der Waals surface area contributed by atoms with E-state index in [9.17, 15) is 10.4 Å². The van der Waals surface area contributed by atoms with Gasteiger partial charge in [0.05, 0.1) is 0 Å². The first-order chi connectivity index (χ1) is 10.2. The lowest BCUT2D eigenvalue weighted by Gasteiger charge is -2.13. The van der Waals surface area contributed by atoms with E-state index in [0.717, 1.165) is 42.5 Å². The van der Waals surface area contributed by atoms with Crippen LogP contribution in [-0.2, 0) is 12.8 Å². The molecule has 3 rings (SSSR count). The third-order valence-corrected chi connectivity index (χ3v) is 4.09. The molecule has 0 aliphatic heterocycles. The Labute approximate surface area is 123 Å². The number of rotatable bonds is 1. The molecule has 0 unspecified atom stereocenters. The Morgan fingerprint density at radius 2 is 1.81 bits per heavy atom. The lowest BCUT2D eigenvalue weighted by Crippen LogP contribution is -2.21. The van der Waals surface area contributed by atoms with Crippen LogP contribution < -0.4 is 10.7 Å². The average Bonchev–Trinajstić information content (AvgIpc) is 2.72. The normalized spacial score (nSPS) is 14.0. The molecule has 0 bridgehead atoms. The molecule has 2 aromatic rings. The van der Waals surface area contributed by atoms with Crippen molar-refractivity contribution in [3.8, 4) is 22.9 Å². The van der Waals surface area contributed by atoms with Crippen LogP contribution in [0.25, 0.3) is 11.1 Å². The van der Waals surface area contributed by atoms with Crippen molar-refractivity contribution in [1.82, 2.24) is 0 Å². The van der Waals surface area contributed by atoms with Crippen molar-refractivity contribution in [3.05, 3.63) is 41.1 Å². The molecule has 4 N–H and O–H groups in total. The summed E-state index contributed by atoms with van der Waals surface area (Å²) >= 11 is 0. The maximum absolute atomic E-state index is 9.49. The standard InChI is InChI=1S/C17H17N3O/c18-10-14-16(11-6-8-12(21)9-7-11)13-4-2-1-3-5-15(13)20-17(14)19/h6-9,21H,1-5H2,(H2,19,20)/p+1. The van der Waals surface area contributed by atoms with E-state index >= 15 is 0 Å². The predicted molar refractivity (Wildman–Crippen MR) is 80.5 cm³/mol. The molecule has 1 aliphatic carbocycles. The van der Waals surface area contributed by atoms with Crippen LogP contribution in [0.1, 0.15) is 36.1 Å². The number of benzene rings is 1. The molecule has 1 aromatic heterocycles. The minimum absolute atomic E-state index is 0.221. The number of nitrogens with one attached hydrogen (secondary N) is 1. The second-order valence-electron chi connectivity index (χ2n) is 5.47. The van der Waals surface area contributed by atoms with E-state index < -0.39 is 0 Å². The third-order valence-electron chi connectivity index (χ3n) is 4.09. The molecular weight excluding hydrogens is 262 g/mol. The number of phenols is 1. The van der Waals surface area contributed by atoms with Crippen LogP contribution in [0.2, 0.25) is 0 Å². The number of fused-ring (bicyclic) bond motifs is 1. The van der Waals surface area contributed by atoms with Gasteiger partial charge in [0.2, 0.25) is 0 Å². The Hall–Kier alpha value is -2.54. The number of aryl methyl sites for hydroxylation is 1. The molecule has 0 saturated heterocycles. The highest BCUT2D eigenvalue weighted by atomic mass is 16.3. The molecule has 21 heavy (non-hydrogen) atoms. The highest BCUT2D eigenvalue weighted by Gasteiger charge is 2.23. The van der Waals surface area contributed by atoms with Gasteiger partial charge in [-0.3, -0.25) is 5.73 Å². The van der Waals surface area contributed by atoms with Gasteiger partial charge in [-0.1, -0.05) is 18.6 Å². The maximum atomic E-state index is 9.49. The van der Waals surface area contributed by atoms with Crippen LogP contribution in [-0.4, -0.2) is 5.11 Å². The fraction of sp³-hybridized carbons (Fsp3) is 0.294. The number of nitrogens with two attached hydrogens (primary N) is 1. The zero-order valence-corrected chi connectivity index (χ0v) is 11.8. The average molecular weight is 280 g/mol. The number of nitrogen functional groups attached to an aromatic ring is 1. The number of nitrogens with zero attached hydrogens (tertiary/aromatic N) is 1. The number of phenolic OH excluding ortho intramolecular Hbond substituents is 1.